The molecule has 1 N–H and O–H groups in total. The van der Waals surface area contributed by atoms with E-state index in [1.54, 1.807) is 13.0 Å². The molecule has 1 rings (SSSR count). The molecule has 0 aromatic carbocycles. The number of sulfone groups is 1. The van der Waals surface area contributed by atoms with Gasteiger partial charge in [-0.15, -0.1) is 0 Å². The summed E-state index contributed by atoms with van der Waals surface area (Å²) in [6.07, 6.45) is 2.70. The monoisotopic (exact) mass is 257 g/mol. The van der Waals surface area contributed by atoms with Crippen molar-refractivity contribution >= 4 is 15.8 Å². The van der Waals surface area contributed by atoms with E-state index >= 15 is 0 Å². The minimum absolute atomic E-state index is 0.0297. The SMILES string of the molecule is C=C(C)Oc1ccnc(NCCS(C)(=O)=O)n1. The lowest BCUT2D eigenvalue weighted by Crippen LogP contribution is -2.15. The number of anilines is 1. The Balaban J connectivity index is 2.57. The van der Waals surface area contributed by atoms with Gasteiger partial charge in [-0.1, -0.05) is 6.58 Å². The second-order valence-corrected chi connectivity index (χ2v) is 5.84. The molecule has 6 nitrogen and oxygen atoms in total. The Kier molecular flexibility index (Phi) is 4.45. The van der Waals surface area contributed by atoms with Gasteiger partial charge < -0.3 is 10.1 Å². The summed E-state index contributed by atoms with van der Waals surface area (Å²) < 4.78 is 27.0. The Labute approximate surface area is 101 Å². The van der Waals surface area contributed by atoms with Gasteiger partial charge in [-0.25, -0.2) is 13.4 Å². The summed E-state index contributed by atoms with van der Waals surface area (Å²) in [6.45, 7) is 5.56. The van der Waals surface area contributed by atoms with Crippen LogP contribution in [0.25, 0.3) is 0 Å². The molecule has 94 valence electrons. The van der Waals surface area contributed by atoms with Crippen LogP contribution in [0.1, 0.15) is 6.92 Å². The topological polar surface area (TPSA) is 81.2 Å². The zero-order chi connectivity index (χ0) is 12.9. The second-order valence-electron chi connectivity index (χ2n) is 3.58. The van der Waals surface area contributed by atoms with Gasteiger partial charge in [-0.3, -0.25) is 0 Å². The number of ether oxygens (including phenoxy) is 1. The first-order valence-corrected chi connectivity index (χ1v) is 7.01. The number of allylic oxidation sites excluding steroid dienone is 1. The van der Waals surface area contributed by atoms with Crippen LogP contribution < -0.4 is 10.1 Å². The van der Waals surface area contributed by atoms with E-state index in [2.05, 4.69) is 21.9 Å². The van der Waals surface area contributed by atoms with E-state index in [0.717, 1.165) is 0 Å². The molecule has 0 atom stereocenters. The molecule has 0 unspecified atom stereocenters. The van der Waals surface area contributed by atoms with Crippen molar-refractivity contribution in [2.24, 2.45) is 0 Å². The quantitative estimate of drug-likeness (QED) is 0.761. The summed E-state index contributed by atoms with van der Waals surface area (Å²) in [6, 6.07) is 1.59. The van der Waals surface area contributed by atoms with Gasteiger partial charge >= 0.3 is 0 Å². The van der Waals surface area contributed by atoms with E-state index in [9.17, 15) is 8.42 Å². The zero-order valence-electron chi connectivity index (χ0n) is 9.80. The molecule has 17 heavy (non-hydrogen) atoms. The third-order valence-corrected chi connectivity index (χ3v) is 2.61. The molecule has 0 bridgehead atoms. The van der Waals surface area contributed by atoms with Crippen LogP contribution in [0.5, 0.6) is 5.88 Å². The van der Waals surface area contributed by atoms with Crippen LogP contribution in [0.15, 0.2) is 24.6 Å². The van der Waals surface area contributed by atoms with Gasteiger partial charge in [-0.05, 0) is 6.92 Å². The van der Waals surface area contributed by atoms with E-state index in [0.29, 0.717) is 17.6 Å². The summed E-state index contributed by atoms with van der Waals surface area (Å²) in [5, 5.41) is 2.80. The maximum atomic E-state index is 10.9. The predicted molar refractivity (Wildman–Crippen MR) is 65.7 cm³/mol. The maximum absolute atomic E-state index is 10.9. The number of rotatable bonds is 6. The zero-order valence-corrected chi connectivity index (χ0v) is 10.6. The first-order chi connectivity index (χ1) is 7.87. The fraction of sp³-hybridized carbons (Fsp3) is 0.400. The van der Waals surface area contributed by atoms with Gasteiger partial charge in [0.15, 0.2) is 0 Å². The Hall–Kier alpha value is -1.63. The Morgan fingerprint density at radius 1 is 1.59 bits per heavy atom. The van der Waals surface area contributed by atoms with E-state index < -0.39 is 9.84 Å². The summed E-state index contributed by atoms with van der Waals surface area (Å²) >= 11 is 0. The van der Waals surface area contributed by atoms with Crippen molar-refractivity contribution < 1.29 is 13.2 Å². The highest BCUT2D eigenvalue weighted by molar-refractivity contribution is 7.90. The molecular formula is C10H15N3O3S. The highest BCUT2D eigenvalue weighted by Crippen LogP contribution is 2.10. The van der Waals surface area contributed by atoms with Crippen molar-refractivity contribution in [2.45, 2.75) is 6.92 Å². The molecule has 0 saturated carbocycles. The minimum Gasteiger partial charge on any atom is -0.444 e. The van der Waals surface area contributed by atoms with Crippen molar-refractivity contribution in [3.63, 3.8) is 0 Å². The van der Waals surface area contributed by atoms with Crippen molar-refractivity contribution in [2.75, 3.05) is 23.9 Å². The molecule has 1 heterocycles. The van der Waals surface area contributed by atoms with E-state index in [4.69, 9.17) is 4.74 Å². The lowest BCUT2D eigenvalue weighted by Gasteiger charge is -2.06. The molecule has 0 radical (unpaired) electrons. The van der Waals surface area contributed by atoms with Crippen molar-refractivity contribution in [1.29, 1.82) is 0 Å². The van der Waals surface area contributed by atoms with E-state index in [1.807, 2.05) is 0 Å². The largest absolute Gasteiger partial charge is 0.444 e. The fourth-order valence-corrected chi connectivity index (χ4v) is 1.48. The molecule has 0 aliphatic heterocycles. The third kappa shape index (κ3) is 5.86. The number of nitrogens with one attached hydrogen (secondary N) is 1. The van der Waals surface area contributed by atoms with Crippen LogP contribution in [0.4, 0.5) is 5.95 Å². The van der Waals surface area contributed by atoms with Crippen LogP contribution in [0.3, 0.4) is 0 Å². The van der Waals surface area contributed by atoms with Crippen LogP contribution in [-0.2, 0) is 9.84 Å². The van der Waals surface area contributed by atoms with Gasteiger partial charge in [0.1, 0.15) is 9.84 Å². The summed E-state index contributed by atoms with van der Waals surface area (Å²) in [5.41, 5.74) is 0. The molecule has 0 spiro atoms. The van der Waals surface area contributed by atoms with E-state index in [1.165, 1.54) is 12.5 Å². The lowest BCUT2D eigenvalue weighted by molar-refractivity contribution is 0.413. The van der Waals surface area contributed by atoms with Crippen LogP contribution in [0.2, 0.25) is 0 Å². The predicted octanol–water partition coefficient (Wildman–Crippen LogP) is 0.845. The first kappa shape index (κ1) is 13.4. The molecule has 1 aromatic rings. The Bertz CT molecular complexity index is 499. The van der Waals surface area contributed by atoms with Crippen LogP contribution >= 0.6 is 0 Å². The van der Waals surface area contributed by atoms with Gasteiger partial charge in [0.2, 0.25) is 11.8 Å². The number of nitrogens with zero attached hydrogens (tertiary/aromatic N) is 2. The summed E-state index contributed by atoms with van der Waals surface area (Å²) in [4.78, 5) is 7.97. The molecule has 7 heteroatoms. The fourth-order valence-electron chi connectivity index (χ4n) is 1.01. The van der Waals surface area contributed by atoms with Crippen molar-refractivity contribution in [3.8, 4) is 5.88 Å². The highest BCUT2D eigenvalue weighted by atomic mass is 32.2. The Morgan fingerprint density at radius 3 is 2.88 bits per heavy atom. The second kappa shape index (κ2) is 5.62. The third-order valence-electron chi connectivity index (χ3n) is 1.66. The van der Waals surface area contributed by atoms with Gasteiger partial charge in [0, 0.05) is 25.1 Å². The molecule has 0 amide bonds. The van der Waals surface area contributed by atoms with Gasteiger partial charge in [0.05, 0.1) is 11.5 Å². The Morgan fingerprint density at radius 2 is 2.29 bits per heavy atom. The number of hydrogen-bond donors (Lipinski definition) is 1. The average molecular weight is 257 g/mol. The molecule has 0 aliphatic rings. The molecule has 0 aliphatic carbocycles. The number of aromatic nitrogens is 2. The number of hydrogen-bond acceptors (Lipinski definition) is 6. The lowest BCUT2D eigenvalue weighted by atomic mass is 10.6. The molecule has 0 saturated heterocycles. The highest BCUT2D eigenvalue weighted by Gasteiger charge is 2.03. The first-order valence-electron chi connectivity index (χ1n) is 4.95. The van der Waals surface area contributed by atoms with Crippen LogP contribution in [-0.4, -0.2) is 36.9 Å². The standard InChI is InChI=1S/C10H15N3O3S/c1-8(2)16-9-4-5-11-10(13-9)12-6-7-17(3,14)15/h4-5H,1,6-7H2,2-3H3,(H,11,12,13). The smallest absolute Gasteiger partial charge is 0.225 e. The molecule has 0 fully saturated rings. The van der Waals surface area contributed by atoms with E-state index in [-0.39, 0.29) is 12.3 Å². The van der Waals surface area contributed by atoms with Crippen molar-refractivity contribution in [3.05, 3.63) is 24.6 Å². The summed E-state index contributed by atoms with van der Waals surface area (Å²) in [5.74, 6) is 1.25. The maximum Gasteiger partial charge on any atom is 0.225 e. The normalized spacial score (nSPS) is 10.9. The molecular weight excluding hydrogens is 242 g/mol. The van der Waals surface area contributed by atoms with Gasteiger partial charge in [0.25, 0.3) is 0 Å². The van der Waals surface area contributed by atoms with Crippen LogP contribution in [0, 0.1) is 0 Å². The summed E-state index contributed by atoms with van der Waals surface area (Å²) in [7, 11) is -2.99. The minimum atomic E-state index is -2.99. The molecule has 1 aromatic heterocycles. The average Bonchev–Trinajstić information content (AvgIpc) is 2.15. The van der Waals surface area contributed by atoms with Gasteiger partial charge in [-0.2, -0.15) is 4.98 Å². The van der Waals surface area contributed by atoms with Crippen molar-refractivity contribution in [1.82, 2.24) is 9.97 Å².